The van der Waals surface area contributed by atoms with Gasteiger partial charge in [0, 0.05) is 49.7 Å². The van der Waals surface area contributed by atoms with Crippen molar-refractivity contribution >= 4 is 37.3 Å². The van der Waals surface area contributed by atoms with E-state index in [1.165, 1.54) is 5.56 Å². The average molecular weight is 477 g/mol. The standard InChI is InChI=1S/C27H33N4O2P/c1-18-7-8-21(24(34)15-18)27(9-10-27)26(33)29-23(25(32)31-13-11-30(2)12-14-31)16-19-17-28-22-6-4-3-5-20(19)22/h3-8,15,17,23,28H,9-14,16,34H2,1-2H3,(H,29,33). The highest BCUT2D eigenvalue weighted by molar-refractivity contribution is 7.27. The number of fused-ring (bicyclic) bond motifs is 1. The molecule has 2 fully saturated rings. The van der Waals surface area contributed by atoms with E-state index in [2.05, 4.69) is 62.7 Å². The zero-order chi connectivity index (χ0) is 23.9. The van der Waals surface area contributed by atoms with Crippen LogP contribution in [0.5, 0.6) is 0 Å². The number of aromatic nitrogens is 1. The SMILES string of the molecule is Cc1ccc(C2(C(=O)NC(Cc3c[nH]c4ccccc34)C(=O)N3CCN(C)CC3)CC2)c(P)c1. The lowest BCUT2D eigenvalue weighted by Gasteiger charge is -2.35. The molecule has 178 valence electrons. The second kappa shape index (κ2) is 9.16. The van der Waals surface area contributed by atoms with Gasteiger partial charge in [-0.2, -0.15) is 0 Å². The third-order valence-corrected chi connectivity index (χ3v) is 7.90. The number of hydrogen-bond donors (Lipinski definition) is 2. The van der Waals surface area contributed by atoms with Gasteiger partial charge in [0.1, 0.15) is 6.04 Å². The van der Waals surface area contributed by atoms with Crippen molar-refractivity contribution in [3.63, 3.8) is 0 Å². The first-order valence-electron chi connectivity index (χ1n) is 12.1. The second-order valence-corrected chi connectivity index (χ2v) is 10.5. The van der Waals surface area contributed by atoms with Crippen molar-refractivity contribution in [3.05, 3.63) is 65.4 Å². The van der Waals surface area contributed by atoms with Gasteiger partial charge in [-0.05, 0) is 49.3 Å². The Morgan fingerprint density at radius 3 is 2.56 bits per heavy atom. The molecule has 6 nitrogen and oxygen atoms in total. The van der Waals surface area contributed by atoms with Crippen LogP contribution in [0, 0.1) is 6.92 Å². The van der Waals surface area contributed by atoms with E-state index in [0.717, 1.165) is 53.3 Å². The van der Waals surface area contributed by atoms with E-state index >= 15 is 0 Å². The number of nitrogens with zero attached hydrogens (tertiary/aromatic N) is 2. The number of carbonyl (C=O) groups excluding carboxylic acids is 2. The molecule has 1 saturated carbocycles. The van der Waals surface area contributed by atoms with Gasteiger partial charge in [-0.15, -0.1) is 9.24 Å². The van der Waals surface area contributed by atoms with Crippen LogP contribution in [0.1, 0.15) is 29.5 Å². The van der Waals surface area contributed by atoms with Crippen LogP contribution >= 0.6 is 9.24 Å². The van der Waals surface area contributed by atoms with Gasteiger partial charge < -0.3 is 20.1 Å². The summed E-state index contributed by atoms with van der Waals surface area (Å²) in [5.41, 5.74) is 3.79. The Labute approximate surface area is 203 Å². The van der Waals surface area contributed by atoms with Crippen molar-refractivity contribution in [3.8, 4) is 0 Å². The number of carbonyl (C=O) groups is 2. The number of benzene rings is 2. The van der Waals surface area contributed by atoms with Crippen LogP contribution in [0.15, 0.2) is 48.7 Å². The van der Waals surface area contributed by atoms with Crippen LogP contribution < -0.4 is 10.6 Å². The summed E-state index contributed by atoms with van der Waals surface area (Å²) in [4.78, 5) is 34.8. The molecule has 1 aliphatic heterocycles. The number of nitrogens with one attached hydrogen (secondary N) is 2. The molecule has 0 bridgehead atoms. The normalized spacial score (nSPS) is 18.6. The third-order valence-electron chi connectivity index (χ3n) is 7.42. The number of aromatic amines is 1. The molecule has 1 saturated heterocycles. The van der Waals surface area contributed by atoms with E-state index in [-0.39, 0.29) is 11.8 Å². The summed E-state index contributed by atoms with van der Waals surface area (Å²) >= 11 is 0. The largest absolute Gasteiger partial charge is 0.361 e. The van der Waals surface area contributed by atoms with Crippen LogP contribution in [-0.4, -0.2) is 65.9 Å². The second-order valence-electron chi connectivity index (χ2n) is 9.89. The van der Waals surface area contributed by atoms with Gasteiger partial charge in [-0.1, -0.05) is 42.0 Å². The molecule has 2 atom stereocenters. The quantitative estimate of drug-likeness (QED) is 0.538. The van der Waals surface area contributed by atoms with Crippen molar-refractivity contribution in [1.82, 2.24) is 20.1 Å². The summed E-state index contributed by atoms with van der Waals surface area (Å²) in [6.07, 6.45) is 4.06. The monoisotopic (exact) mass is 476 g/mol. The van der Waals surface area contributed by atoms with Crippen molar-refractivity contribution in [2.45, 2.75) is 37.6 Å². The minimum absolute atomic E-state index is 0.0116. The lowest BCUT2D eigenvalue weighted by atomic mass is 9.93. The minimum Gasteiger partial charge on any atom is -0.361 e. The van der Waals surface area contributed by atoms with Gasteiger partial charge >= 0.3 is 0 Å². The first-order valence-corrected chi connectivity index (χ1v) is 12.6. The van der Waals surface area contributed by atoms with E-state index in [4.69, 9.17) is 0 Å². The minimum atomic E-state index is -0.592. The Bertz CT molecular complexity index is 1220. The number of amides is 2. The van der Waals surface area contributed by atoms with Gasteiger partial charge in [0.25, 0.3) is 0 Å². The molecule has 0 spiro atoms. The van der Waals surface area contributed by atoms with Crippen LogP contribution in [-0.2, 0) is 21.4 Å². The summed E-state index contributed by atoms with van der Waals surface area (Å²) in [5.74, 6) is -0.0232. The average Bonchev–Trinajstić information content (AvgIpc) is 3.53. The summed E-state index contributed by atoms with van der Waals surface area (Å²) in [5, 5.41) is 5.36. The molecule has 0 radical (unpaired) electrons. The van der Waals surface area contributed by atoms with E-state index in [9.17, 15) is 9.59 Å². The predicted molar refractivity (Wildman–Crippen MR) is 139 cm³/mol. The molecule has 2 amide bonds. The van der Waals surface area contributed by atoms with Crippen molar-refractivity contribution in [1.29, 1.82) is 0 Å². The molecule has 1 aliphatic carbocycles. The topological polar surface area (TPSA) is 68.4 Å². The van der Waals surface area contributed by atoms with Crippen molar-refractivity contribution in [2.75, 3.05) is 33.2 Å². The number of hydrogen-bond acceptors (Lipinski definition) is 3. The van der Waals surface area contributed by atoms with Gasteiger partial charge in [0.15, 0.2) is 0 Å². The predicted octanol–water partition coefficient (Wildman–Crippen LogP) is 2.51. The molecule has 3 aromatic rings. The molecule has 7 heteroatoms. The number of aryl methyl sites for hydroxylation is 1. The number of rotatable bonds is 6. The molecule has 1 aromatic heterocycles. The smallest absolute Gasteiger partial charge is 0.245 e. The highest BCUT2D eigenvalue weighted by Crippen LogP contribution is 2.48. The summed E-state index contributed by atoms with van der Waals surface area (Å²) in [6.45, 7) is 5.14. The molecule has 2 N–H and O–H groups in total. The zero-order valence-corrected chi connectivity index (χ0v) is 21.1. The van der Waals surface area contributed by atoms with Crippen LogP contribution in [0.4, 0.5) is 0 Å². The van der Waals surface area contributed by atoms with Gasteiger partial charge in [0.05, 0.1) is 5.41 Å². The lowest BCUT2D eigenvalue weighted by molar-refractivity contribution is -0.138. The Morgan fingerprint density at radius 1 is 1.12 bits per heavy atom. The van der Waals surface area contributed by atoms with Gasteiger partial charge in [0.2, 0.25) is 11.8 Å². The van der Waals surface area contributed by atoms with Gasteiger partial charge in [-0.25, -0.2) is 0 Å². The highest BCUT2D eigenvalue weighted by atomic mass is 31.0. The molecular weight excluding hydrogens is 443 g/mol. The Hall–Kier alpha value is -2.69. The van der Waals surface area contributed by atoms with Crippen molar-refractivity contribution < 1.29 is 9.59 Å². The van der Waals surface area contributed by atoms with Crippen molar-refractivity contribution in [2.24, 2.45) is 0 Å². The maximum absolute atomic E-state index is 13.7. The lowest BCUT2D eigenvalue weighted by Crippen LogP contribution is -2.56. The fourth-order valence-corrected chi connectivity index (χ4v) is 5.76. The number of likely N-dealkylation sites (N-methyl/N-ethyl adjacent to an activating group) is 1. The summed E-state index contributed by atoms with van der Waals surface area (Å²) in [7, 11) is 4.86. The highest BCUT2D eigenvalue weighted by Gasteiger charge is 2.52. The van der Waals surface area contributed by atoms with Crippen LogP contribution in [0.2, 0.25) is 0 Å². The molecule has 2 aromatic carbocycles. The van der Waals surface area contributed by atoms with E-state index in [0.29, 0.717) is 19.5 Å². The number of para-hydroxylation sites is 1. The first kappa shape index (κ1) is 23.1. The molecule has 5 rings (SSSR count). The summed E-state index contributed by atoms with van der Waals surface area (Å²) in [6, 6.07) is 13.7. The zero-order valence-electron chi connectivity index (χ0n) is 19.9. The fraction of sp³-hybridized carbons (Fsp3) is 0.407. The van der Waals surface area contributed by atoms with E-state index in [1.54, 1.807) is 0 Å². The van der Waals surface area contributed by atoms with Crippen LogP contribution in [0.25, 0.3) is 10.9 Å². The Balaban J connectivity index is 1.42. The molecular formula is C27H33N4O2P. The van der Waals surface area contributed by atoms with Crippen LogP contribution in [0.3, 0.4) is 0 Å². The maximum atomic E-state index is 13.7. The van der Waals surface area contributed by atoms with E-state index < -0.39 is 11.5 Å². The third kappa shape index (κ3) is 4.37. The Morgan fingerprint density at radius 2 is 1.85 bits per heavy atom. The maximum Gasteiger partial charge on any atom is 0.245 e. The fourth-order valence-electron chi connectivity index (χ4n) is 5.13. The molecule has 2 unspecified atom stereocenters. The van der Waals surface area contributed by atoms with E-state index in [1.807, 2.05) is 29.3 Å². The summed E-state index contributed by atoms with van der Waals surface area (Å²) < 4.78 is 0. The number of piperazine rings is 1. The van der Waals surface area contributed by atoms with Gasteiger partial charge in [-0.3, -0.25) is 9.59 Å². The Kier molecular flexibility index (Phi) is 6.22. The molecule has 2 heterocycles. The first-order chi connectivity index (χ1) is 16.4. The number of H-pyrrole nitrogens is 1. The molecule has 2 aliphatic rings. The molecule has 34 heavy (non-hydrogen) atoms.